The molecule has 7 heteroatoms. The van der Waals surface area contributed by atoms with Gasteiger partial charge >= 0.3 is 0 Å². The number of nitrogens with zero attached hydrogens (tertiary/aromatic N) is 2. The molecule has 1 fully saturated rings. The highest BCUT2D eigenvalue weighted by atomic mass is 32.2. The first-order valence-electron chi connectivity index (χ1n) is 5.38. The van der Waals surface area contributed by atoms with Crippen LogP contribution in [0.3, 0.4) is 0 Å². The SMILES string of the molecule is CC(C)N(C)S(=O)(=O)N(C)[C@@H]1CNC[C@H]1O. The zero-order valence-electron chi connectivity index (χ0n) is 10.2. The number of β-amino-alcohol motifs (C(OH)–C–C–N with tert-alkyl or cyclic N) is 1. The molecule has 0 spiro atoms. The lowest BCUT2D eigenvalue weighted by atomic mass is 10.2. The van der Waals surface area contributed by atoms with Crippen molar-refractivity contribution in [3.8, 4) is 0 Å². The number of aliphatic hydroxyl groups is 1. The van der Waals surface area contributed by atoms with E-state index in [2.05, 4.69) is 5.32 Å². The zero-order chi connectivity index (χ0) is 12.5. The van der Waals surface area contributed by atoms with Crippen LogP contribution in [0.2, 0.25) is 0 Å². The maximum atomic E-state index is 12.1. The monoisotopic (exact) mass is 251 g/mol. The van der Waals surface area contributed by atoms with Crippen LogP contribution in [-0.2, 0) is 10.2 Å². The molecule has 2 N–H and O–H groups in total. The fraction of sp³-hybridized carbons (Fsp3) is 1.00. The summed E-state index contributed by atoms with van der Waals surface area (Å²) < 4.78 is 26.8. The van der Waals surface area contributed by atoms with Crippen LogP contribution in [0.25, 0.3) is 0 Å². The Morgan fingerprint density at radius 1 is 1.31 bits per heavy atom. The van der Waals surface area contributed by atoms with Crippen molar-refractivity contribution in [3.63, 3.8) is 0 Å². The van der Waals surface area contributed by atoms with E-state index in [1.165, 1.54) is 15.7 Å². The van der Waals surface area contributed by atoms with Gasteiger partial charge in [0.05, 0.1) is 12.1 Å². The Kier molecular flexibility index (Phi) is 4.30. The van der Waals surface area contributed by atoms with Crippen LogP contribution in [0.1, 0.15) is 13.8 Å². The molecule has 96 valence electrons. The molecule has 1 aliphatic heterocycles. The summed E-state index contributed by atoms with van der Waals surface area (Å²) in [7, 11) is -0.432. The summed E-state index contributed by atoms with van der Waals surface area (Å²) in [4.78, 5) is 0. The molecule has 16 heavy (non-hydrogen) atoms. The van der Waals surface area contributed by atoms with Gasteiger partial charge in [-0.15, -0.1) is 0 Å². The molecule has 0 saturated carbocycles. The molecule has 1 saturated heterocycles. The topological polar surface area (TPSA) is 72.9 Å². The summed E-state index contributed by atoms with van der Waals surface area (Å²) >= 11 is 0. The van der Waals surface area contributed by atoms with Gasteiger partial charge in [0.25, 0.3) is 10.2 Å². The second-order valence-electron chi connectivity index (χ2n) is 4.43. The van der Waals surface area contributed by atoms with Crippen LogP contribution in [0.15, 0.2) is 0 Å². The van der Waals surface area contributed by atoms with Crippen molar-refractivity contribution in [2.24, 2.45) is 0 Å². The first-order chi connectivity index (χ1) is 7.28. The van der Waals surface area contributed by atoms with Gasteiger partial charge in [-0.05, 0) is 13.8 Å². The molecule has 1 rings (SSSR count). The van der Waals surface area contributed by atoms with Gasteiger partial charge in [-0.2, -0.15) is 17.0 Å². The van der Waals surface area contributed by atoms with Crippen molar-refractivity contribution in [2.75, 3.05) is 27.2 Å². The molecule has 1 heterocycles. The highest BCUT2D eigenvalue weighted by Crippen LogP contribution is 2.15. The Morgan fingerprint density at radius 2 is 1.88 bits per heavy atom. The molecular formula is C9H21N3O3S. The molecule has 0 radical (unpaired) electrons. The van der Waals surface area contributed by atoms with E-state index in [0.717, 1.165) is 0 Å². The highest BCUT2D eigenvalue weighted by Gasteiger charge is 2.37. The van der Waals surface area contributed by atoms with E-state index < -0.39 is 16.3 Å². The third kappa shape index (κ3) is 2.54. The molecule has 0 bridgehead atoms. The first kappa shape index (κ1) is 13.9. The van der Waals surface area contributed by atoms with Gasteiger partial charge < -0.3 is 10.4 Å². The summed E-state index contributed by atoms with van der Waals surface area (Å²) in [6.45, 7) is 4.56. The average molecular weight is 251 g/mol. The van der Waals surface area contributed by atoms with Gasteiger partial charge in [-0.3, -0.25) is 0 Å². The number of aliphatic hydroxyl groups excluding tert-OH is 1. The third-order valence-electron chi connectivity index (χ3n) is 3.07. The molecule has 0 unspecified atom stereocenters. The minimum absolute atomic E-state index is 0.0982. The predicted octanol–water partition coefficient (Wildman–Crippen LogP) is -1.16. The van der Waals surface area contributed by atoms with E-state index in [-0.39, 0.29) is 12.1 Å². The molecule has 0 aliphatic carbocycles. The Hall–Kier alpha value is -0.210. The van der Waals surface area contributed by atoms with Crippen molar-refractivity contribution in [1.82, 2.24) is 13.9 Å². The van der Waals surface area contributed by atoms with E-state index in [1.54, 1.807) is 7.05 Å². The Bertz CT molecular complexity index is 331. The average Bonchev–Trinajstić information content (AvgIpc) is 2.61. The van der Waals surface area contributed by atoms with Gasteiger partial charge in [0.2, 0.25) is 0 Å². The van der Waals surface area contributed by atoms with Crippen LogP contribution < -0.4 is 5.32 Å². The van der Waals surface area contributed by atoms with E-state index in [9.17, 15) is 13.5 Å². The molecule has 0 amide bonds. The van der Waals surface area contributed by atoms with Crippen molar-refractivity contribution < 1.29 is 13.5 Å². The largest absolute Gasteiger partial charge is 0.390 e. The lowest BCUT2D eigenvalue weighted by Crippen LogP contribution is -2.51. The second kappa shape index (κ2) is 4.97. The number of hydrogen-bond acceptors (Lipinski definition) is 4. The fourth-order valence-corrected chi connectivity index (χ4v) is 3.16. The van der Waals surface area contributed by atoms with Gasteiger partial charge in [-0.1, -0.05) is 0 Å². The van der Waals surface area contributed by atoms with E-state index in [4.69, 9.17) is 0 Å². The Balaban J connectivity index is 2.83. The van der Waals surface area contributed by atoms with Gasteiger partial charge in [0, 0.05) is 33.2 Å². The number of hydrogen-bond donors (Lipinski definition) is 2. The van der Waals surface area contributed by atoms with E-state index >= 15 is 0 Å². The van der Waals surface area contributed by atoms with Gasteiger partial charge in [0.15, 0.2) is 0 Å². The summed E-state index contributed by atoms with van der Waals surface area (Å²) in [5.74, 6) is 0. The maximum Gasteiger partial charge on any atom is 0.282 e. The normalized spacial score (nSPS) is 27.2. The summed E-state index contributed by atoms with van der Waals surface area (Å²) in [6.07, 6.45) is -0.639. The Morgan fingerprint density at radius 3 is 2.25 bits per heavy atom. The van der Waals surface area contributed by atoms with Crippen molar-refractivity contribution in [2.45, 2.75) is 32.0 Å². The fourth-order valence-electron chi connectivity index (χ4n) is 1.66. The summed E-state index contributed by atoms with van der Waals surface area (Å²) in [5, 5.41) is 12.6. The van der Waals surface area contributed by atoms with Crippen LogP contribution in [0.4, 0.5) is 0 Å². The Labute approximate surface area is 97.4 Å². The molecule has 0 aromatic heterocycles. The number of rotatable bonds is 4. The molecular weight excluding hydrogens is 230 g/mol. The van der Waals surface area contributed by atoms with Gasteiger partial charge in [-0.25, -0.2) is 0 Å². The molecule has 1 aliphatic rings. The van der Waals surface area contributed by atoms with Crippen LogP contribution in [0.5, 0.6) is 0 Å². The highest BCUT2D eigenvalue weighted by molar-refractivity contribution is 7.86. The first-order valence-corrected chi connectivity index (χ1v) is 6.78. The lowest BCUT2D eigenvalue weighted by molar-refractivity contribution is 0.132. The van der Waals surface area contributed by atoms with Gasteiger partial charge in [0.1, 0.15) is 0 Å². The standard InChI is InChI=1S/C9H21N3O3S/c1-7(2)11(3)16(14,15)12(4)8-5-10-6-9(8)13/h7-10,13H,5-6H2,1-4H3/t8-,9-/m1/s1. The molecule has 6 nitrogen and oxygen atoms in total. The molecule has 0 aromatic rings. The number of nitrogens with one attached hydrogen (secondary N) is 1. The van der Waals surface area contributed by atoms with Crippen LogP contribution in [0, 0.1) is 0 Å². The molecule has 0 aromatic carbocycles. The minimum atomic E-state index is -3.49. The van der Waals surface area contributed by atoms with Crippen molar-refractivity contribution >= 4 is 10.2 Å². The van der Waals surface area contributed by atoms with Crippen molar-refractivity contribution in [3.05, 3.63) is 0 Å². The zero-order valence-corrected chi connectivity index (χ0v) is 11.0. The lowest BCUT2D eigenvalue weighted by Gasteiger charge is -2.31. The second-order valence-corrected chi connectivity index (χ2v) is 6.47. The van der Waals surface area contributed by atoms with E-state index in [1.807, 2.05) is 13.8 Å². The minimum Gasteiger partial charge on any atom is -0.390 e. The van der Waals surface area contributed by atoms with E-state index in [0.29, 0.717) is 13.1 Å². The predicted molar refractivity (Wildman–Crippen MR) is 62.2 cm³/mol. The smallest absolute Gasteiger partial charge is 0.282 e. The van der Waals surface area contributed by atoms with Crippen molar-refractivity contribution in [1.29, 1.82) is 0 Å². The summed E-state index contributed by atoms with van der Waals surface area (Å²) in [6, 6.07) is -0.481. The maximum absolute atomic E-state index is 12.1. The molecule has 2 atom stereocenters. The third-order valence-corrected chi connectivity index (χ3v) is 5.22. The summed E-state index contributed by atoms with van der Waals surface area (Å²) in [5.41, 5.74) is 0. The quantitative estimate of drug-likeness (QED) is 0.661. The van der Waals surface area contributed by atoms with Crippen LogP contribution >= 0.6 is 0 Å². The van der Waals surface area contributed by atoms with Crippen LogP contribution in [-0.4, -0.2) is 67.5 Å². The number of likely N-dealkylation sites (N-methyl/N-ethyl adjacent to an activating group) is 1.